The van der Waals surface area contributed by atoms with Crippen molar-refractivity contribution in [2.45, 2.75) is 11.5 Å². The van der Waals surface area contributed by atoms with E-state index in [1.807, 2.05) is 0 Å². The molecule has 84 valence electrons. The minimum absolute atomic E-state index is 0.471. The average Bonchev–Trinajstić information content (AvgIpc) is 2.06. The fourth-order valence-electron chi connectivity index (χ4n) is 0.844. The van der Waals surface area contributed by atoms with Crippen molar-refractivity contribution in [3.05, 3.63) is 11.6 Å². The number of rotatable bonds is 2. The van der Waals surface area contributed by atoms with E-state index in [1.165, 1.54) is 0 Å². The number of nitrogens with zero attached hydrogens (tertiary/aromatic N) is 1. The van der Waals surface area contributed by atoms with Crippen LogP contribution in [0.2, 0.25) is 0 Å². The summed E-state index contributed by atoms with van der Waals surface area (Å²) in [4.78, 5) is 3.16. The Labute approximate surface area is 87.9 Å². The second-order valence-electron chi connectivity index (χ2n) is 2.52. The molecule has 0 saturated carbocycles. The highest BCUT2D eigenvalue weighted by atomic mass is 35.7. The second kappa shape index (κ2) is 3.78. The number of anilines is 1. The quantitative estimate of drug-likeness (QED) is 0.779. The number of hydrogen-bond donors (Lipinski definition) is 2. The smallest absolute Gasteiger partial charge is 0.278 e. The van der Waals surface area contributed by atoms with Crippen molar-refractivity contribution >= 4 is 25.6 Å². The van der Waals surface area contributed by atoms with Crippen LogP contribution in [0.15, 0.2) is 11.1 Å². The van der Waals surface area contributed by atoms with E-state index in [2.05, 4.69) is 4.98 Å². The molecule has 0 radical (unpaired) electrons. The highest BCUT2D eigenvalue weighted by molar-refractivity contribution is 8.13. The zero-order chi connectivity index (χ0) is 11.8. The van der Waals surface area contributed by atoms with Gasteiger partial charge in [0, 0.05) is 10.7 Å². The molecule has 0 spiro atoms. The van der Waals surface area contributed by atoms with Crippen LogP contribution in [0.1, 0.15) is 12.0 Å². The lowest BCUT2D eigenvalue weighted by atomic mass is 10.2. The molecule has 3 N–H and O–H groups in total. The normalized spacial score (nSPS) is 12.0. The number of nitrogens with two attached hydrogens (primary N) is 1. The van der Waals surface area contributed by atoms with Gasteiger partial charge in [-0.1, -0.05) is 0 Å². The maximum Gasteiger partial charge on any atom is 0.278 e. The average molecular weight is 259 g/mol. The lowest BCUT2D eigenvalue weighted by Crippen LogP contribution is -2.02. The fraction of sp³-hybridized carbons (Fsp3) is 0.167. The summed E-state index contributed by atoms with van der Waals surface area (Å²) >= 11 is 0. The van der Waals surface area contributed by atoms with E-state index in [0.717, 1.165) is 0 Å². The third-order valence-corrected chi connectivity index (χ3v) is 2.69. The first-order valence-corrected chi connectivity index (χ1v) is 5.76. The minimum Gasteiger partial charge on any atom is -0.504 e. The molecule has 0 aliphatic heterocycles. The van der Waals surface area contributed by atoms with Gasteiger partial charge in [0.1, 0.15) is 0 Å². The van der Waals surface area contributed by atoms with E-state index in [4.69, 9.17) is 21.5 Å². The number of pyridine rings is 1. The van der Waals surface area contributed by atoms with Gasteiger partial charge >= 0.3 is 0 Å². The first-order valence-electron chi connectivity index (χ1n) is 3.45. The summed E-state index contributed by atoms with van der Waals surface area (Å²) in [5.74, 6) is -1.67. The summed E-state index contributed by atoms with van der Waals surface area (Å²) in [6, 6.07) is 0.471. The molecule has 0 bridgehead atoms. The van der Waals surface area contributed by atoms with Gasteiger partial charge in [-0.2, -0.15) is 0 Å². The lowest BCUT2D eigenvalue weighted by molar-refractivity contribution is 0.147. The molecular formula is C6H5ClF2N2O3S. The van der Waals surface area contributed by atoms with Crippen molar-refractivity contribution in [3.8, 4) is 5.75 Å². The molecule has 0 aliphatic rings. The molecule has 1 rings (SSSR count). The first-order chi connectivity index (χ1) is 6.73. The van der Waals surface area contributed by atoms with Crippen molar-refractivity contribution in [2.24, 2.45) is 0 Å². The SMILES string of the molecule is Nc1nc(S(=O)(=O)Cl)cc(C(F)F)c1O. The Morgan fingerprint density at radius 1 is 1.53 bits per heavy atom. The fourth-order valence-corrected chi connectivity index (χ4v) is 1.56. The predicted octanol–water partition coefficient (Wildman–Crippen LogP) is 1.23. The molecule has 1 aromatic rings. The minimum atomic E-state index is -4.26. The van der Waals surface area contributed by atoms with E-state index in [0.29, 0.717) is 6.07 Å². The summed E-state index contributed by atoms with van der Waals surface area (Å²) < 4.78 is 46.2. The molecule has 9 heteroatoms. The van der Waals surface area contributed by atoms with Crippen LogP contribution in [0.25, 0.3) is 0 Å². The number of aromatic nitrogens is 1. The molecule has 0 aliphatic carbocycles. The standard InChI is InChI=1S/C6H5ClF2N2O3S/c7-15(13,14)3-1-2(5(8)9)4(12)6(10)11-3/h1,5,12H,(H2,10,11). The summed E-state index contributed by atoms with van der Waals surface area (Å²) in [7, 11) is 0.626. The molecule has 1 aromatic heterocycles. The van der Waals surface area contributed by atoms with Crippen molar-refractivity contribution in [1.82, 2.24) is 4.98 Å². The van der Waals surface area contributed by atoms with E-state index in [1.54, 1.807) is 0 Å². The van der Waals surface area contributed by atoms with Crippen LogP contribution < -0.4 is 5.73 Å². The number of nitrogen functional groups attached to an aromatic ring is 1. The second-order valence-corrected chi connectivity index (χ2v) is 5.03. The van der Waals surface area contributed by atoms with Gasteiger partial charge in [0.15, 0.2) is 16.6 Å². The van der Waals surface area contributed by atoms with E-state index >= 15 is 0 Å². The number of hydrogen-bond acceptors (Lipinski definition) is 5. The van der Waals surface area contributed by atoms with Gasteiger partial charge in [-0.05, 0) is 6.07 Å². The van der Waals surface area contributed by atoms with Gasteiger partial charge in [-0.15, -0.1) is 0 Å². The Hall–Kier alpha value is -1.15. The van der Waals surface area contributed by atoms with Gasteiger partial charge in [-0.25, -0.2) is 22.2 Å². The molecule has 5 nitrogen and oxygen atoms in total. The highest BCUT2D eigenvalue weighted by Gasteiger charge is 2.22. The van der Waals surface area contributed by atoms with Gasteiger partial charge < -0.3 is 10.8 Å². The van der Waals surface area contributed by atoms with Crippen molar-refractivity contribution < 1.29 is 22.3 Å². The molecule has 1 heterocycles. The zero-order valence-electron chi connectivity index (χ0n) is 6.99. The lowest BCUT2D eigenvalue weighted by Gasteiger charge is -2.06. The highest BCUT2D eigenvalue weighted by Crippen LogP contribution is 2.33. The molecule has 0 unspecified atom stereocenters. The summed E-state index contributed by atoms with van der Waals surface area (Å²) in [5, 5.41) is 8.23. The Morgan fingerprint density at radius 2 is 2.07 bits per heavy atom. The van der Waals surface area contributed by atoms with Gasteiger partial charge in [-0.3, -0.25) is 0 Å². The van der Waals surface area contributed by atoms with E-state index in [-0.39, 0.29) is 0 Å². The maximum absolute atomic E-state index is 12.3. The van der Waals surface area contributed by atoms with Crippen LogP contribution in [0, 0.1) is 0 Å². The summed E-state index contributed by atoms with van der Waals surface area (Å²) in [6.07, 6.45) is -3.08. The number of aromatic hydroxyl groups is 1. The monoisotopic (exact) mass is 258 g/mol. The molecule has 0 fully saturated rings. The maximum atomic E-state index is 12.3. The van der Waals surface area contributed by atoms with Crippen molar-refractivity contribution in [1.29, 1.82) is 0 Å². The molecule has 0 saturated heterocycles. The van der Waals surface area contributed by atoms with Crippen LogP contribution in [0.3, 0.4) is 0 Å². The van der Waals surface area contributed by atoms with Crippen LogP contribution >= 0.6 is 10.7 Å². The van der Waals surface area contributed by atoms with Gasteiger partial charge in [0.25, 0.3) is 15.5 Å². The van der Waals surface area contributed by atoms with Gasteiger partial charge in [0.2, 0.25) is 0 Å². The molecular weight excluding hydrogens is 254 g/mol. The Bertz CT molecular complexity index is 491. The van der Waals surface area contributed by atoms with Crippen molar-refractivity contribution in [2.75, 3.05) is 5.73 Å². The van der Waals surface area contributed by atoms with Crippen LogP contribution in [0.4, 0.5) is 14.6 Å². The Morgan fingerprint density at radius 3 is 2.47 bits per heavy atom. The molecule has 0 amide bonds. The van der Waals surface area contributed by atoms with E-state index < -0.39 is 37.6 Å². The predicted molar refractivity (Wildman–Crippen MR) is 48.3 cm³/mol. The van der Waals surface area contributed by atoms with Crippen LogP contribution in [-0.4, -0.2) is 18.5 Å². The Balaban J connectivity index is 3.50. The van der Waals surface area contributed by atoms with Crippen molar-refractivity contribution in [3.63, 3.8) is 0 Å². The molecule has 15 heavy (non-hydrogen) atoms. The van der Waals surface area contributed by atoms with E-state index in [9.17, 15) is 17.2 Å². The third kappa shape index (κ3) is 2.45. The third-order valence-electron chi connectivity index (χ3n) is 1.51. The first kappa shape index (κ1) is 11.9. The van der Waals surface area contributed by atoms with Gasteiger partial charge in [0.05, 0.1) is 5.56 Å². The number of alkyl halides is 2. The largest absolute Gasteiger partial charge is 0.504 e. The molecule has 0 atom stereocenters. The van der Waals surface area contributed by atoms with Crippen LogP contribution in [0.5, 0.6) is 5.75 Å². The zero-order valence-corrected chi connectivity index (χ0v) is 8.56. The number of halogens is 3. The summed E-state index contributed by atoms with van der Waals surface area (Å²) in [5.41, 5.74) is 4.11. The summed E-state index contributed by atoms with van der Waals surface area (Å²) in [6.45, 7) is 0. The topological polar surface area (TPSA) is 93.3 Å². The van der Waals surface area contributed by atoms with Crippen LogP contribution in [-0.2, 0) is 9.05 Å². The molecule has 0 aromatic carbocycles. The Kier molecular flexibility index (Phi) is 3.00.